The van der Waals surface area contributed by atoms with Gasteiger partial charge in [0.05, 0.1) is 12.2 Å². The van der Waals surface area contributed by atoms with Crippen molar-refractivity contribution in [2.45, 2.75) is 34.6 Å². The van der Waals surface area contributed by atoms with Gasteiger partial charge in [0.15, 0.2) is 0 Å². The summed E-state index contributed by atoms with van der Waals surface area (Å²) < 4.78 is 0. The molecule has 28 heavy (non-hydrogen) atoms. The minimum Gasteiger partial charge on any atom is -0.381 e. The quantitative estimate of drug-likeness (QED) is 0.734. The molecule has 1 aromatic heterocycles. The molecule has 0 unspecified atom stereocenters. The lowest BCUT2D eigenvalue weighted by Gasteiger charge is -2.27. The van der Waals surface area contributed by atoms with Gasteiger partial charge in [-0.05, 0) is 42.7 Å². The minimum absolute atomic E-state index is 0.160. The van der Waals surface area contributed by atoms with Gasteiger partial charge in [0, 0.05) is 17.3 Å². The number of benzene rings is 1. The summed E-state index contributed by atoms with van der Waals surface area (Å²) in [5.41, 5.74) is 3.80. The number of aromatic amines is 2. The van der Waals surface area contributed by atoms with E-state index in [2.05, 4.69) is 41.0 Å². The number of aliphatic imine (C=N–C) groups is 1. The smallest absolute Gasteiger partial charge is 0.272 e. The molecule has 0 saturated carbocycles. The molecule has 1 aliphatic heterocycles. The molecular formula is C22H26N4O2. The fraction of sp³-hybridized carbons (Fsp3) is 0.318. The zero-order chi connectivity index (χ0) is 20.5. The van der Waals surface area contributed by atoms with Gasteiger partial charge in [-0.2, -0.15) is 0 Å². The van der Waals surface area contributed by atoms with E-state index >= 15 is 0 Å². The summed E-state index contributed by atoms with van der Waals surface area (Å²) in [6.45, 7) is 10.8. The predicted octanol–water partition coefficient (Wildman–Crippen LogP) is 1.22. The van der Waals surface area contributed by atoms with Gasteiger partial charge < -0.3 is 15.3 Å². The van der Waals surface area contributed by atoms with Gasteiger partial charge >= 0.3 is 0 Å². The molecule has 0 aliphatic carbocycles. The summed E-state index contributed by atoms with van der Waals surface area (Å²) in [6, 6.07) is 5.86. The molecule has 1 aromatic carbocycles. The molecule has 2 heterocycles. The van der Waals surface area contributed by atoms with Crippen LogP contribution in [0.2, 0.25) is 0 Å². The fourth-order valence-corrected chi connectivity index (χ4v) is 3.12. The number of rotatable bonds is 2. The molecule has 0 fully saturated rings. The molecule has 3 N–H and O–H groups in total. The molecule has 146 valence electrons. The number of allylic oxidation sites excluding steroid dienone is 2. The van der Waals surface area contributed by atoms with E-state index in [1.807, 2.05) is 32.0 Å². The molecule has 0 spiro atoms. The maximum Gasteiger partial charge on any atom is 0.272 e. The average molecular weight is 378 g/mol. The first kappa shape index (κ1) is 19.6. The van der Waals surface area contributed by atoms with E-state index in [0.29, 0.717) is 12.2 Å². The summed E-state index contributed by atoms with van der Waals surface area (Å²) in [5.74, 6) is 0. The van der Waals surface area contributed by atoms with Crippen molar-refractivity contribution in [3.05, 3.63) is 77.7 Å². The number of H-pyrrole nitrogens is 2. The van der Waals surface area contributed by atoms with Crippen LogP contribution in [0, 0.1) is 19.3 Å². The highest BCUT2D eigenvalue weighted by atomic mass is 16.1. The number of nitrogens with one attached hydrogen (secondary N) is 3. The van der Waals surface area contributed by atoms with E-state index in [1.54, 1.807) is 18.4 Å². The van der Waals surface area contributed by atoms with Gasteiger partial charge in [-0.1, -0.05) is 39.0 Å². The zero-order valence-electron chi connectivity index (χ0n) is 16.9. The number of hydrogen-bond donors (Lipinski definition) is 3. The van der Waals surface area contributed by atoms with Crippen molar-refractivity contribution in [3.8, 4) is 0 Å². The summed E-state index contributed by atoms with van der Waals surface area (Å²) in [6.07, 6.45) is 5.06. The van der Waals surface area contributed by atoms with Crippen molar-refractivity contribution in [1.82, 2.24) is 15.3 Å². The van der Waals surface area contributed by atoms with Crippen LogP contribution in [-0.2, 0) is 0 Å². The molecule has 0 radical (unpaired) electrons. The van der Waals surface area contributed by atoms with E-state index in [1.165, 1.54) is 0 Å². The van der Waals surface area contributed by atoms with E-state index in [9.17, 15) is 9.59 Å². The molecule has 6 nitrogen and oxygen atoms in total. The largest absolute Gasteiger partial charge is 0.381 e. The third-order valence-electron chi connectivity index (χ3n) is 4.82. The van der Waals surface area contributed by atoms with Crippen LogP contribution in [0.1, 0.15) is 37.5 Å². The Bertz CT molecular complexity index is 1200. The maximum absolute atomic E-state index is 12.6. The van der Waals surface area contributed by atoms with Crippen molar-refractivity contribution in [1.29, 1.82) is 0 Å². The van der Waals surface area contributed by atoms with Crippen LogP contribution in [0.15, 0.2) is 44.2 Å². The van der Waals surface area contributed by atoms with Gasteiger partial charge in [-0.3, -0.25) is 14.6 Å². The molecule has 0 bridgehead atoms. The molecular weight excluding hydrogens is 352 g/mol. The molecule has 6 heteroatoms. The molecule has 2 aromatic rings. The molecule has 1 aliphatic rings. The topological polar surface area (TPSA) is 90.1 Å². The van der Waals surface area contributed by atoms with Crippen LogP contribution in [0.3, 0.4) is 0 Å². The van der Waals surface area contributed by atoms with E-state index in [0.717, 1.165) is 22.4 Å². The van der Waals surface area contributed by atoms with Crippen LogP contribution < -0.4 is 27.1 Å². The third-order valence-corrected chi connectivity index (χ3v) is 4.82. The Morgan fingerprint density at radius 3 is 2.29 bits per heavy atom. The lowest BCUT2D eigenvalue weighted by atomic mass is 9.90. The second kappa shape index (κ2) is 7.46. The first-order valence-corrected chi connectivity index (χ1v) is 9.30. The Labute approximate surface area is 163 Å². The van der Waals surface area contributed by atoms with Crippen LogP contribution in [0.25, 0.3) is 12.2 Å². The first-order valence-electron chi connectivity index (χ1n) is 9.30. The van der Waals surface area contributed by atoms with Gasteiger partial charge in [0.25, 0.3) is 11.1 Å². The monoisotopic (exact) mass is 378 g/mol. The van der Waals surface area contributed by atoms with Crippen molar-refractivity contribution in [3.63, 3.8) is 0 Å². The highest BCUT2D eigenvalue weighted by molar-refractivity contribution is 5.68. The lowest BCUT2D eigenvalue weighted by molar-refractivity contribution is 0.463. The van der Waals surface area contributed by atoms with Gasteiger partial charge in [-0.15, -0.1) is 0 Å². The lowest BCUT2D eigenvalue weighted by Crippen LogP contribution is -2.47. The first-order chi connectivity index (χ1) is 13.2. The normalized spacial score (nSPS) is 15.9. The van der Waals surface area contributed by atoms with Crippen molar-refractivity contribution >= 4 is 18.4 Å². The van der Waals surface area contributed by atoms with Crippen molar-refractivity contribution in [2.24, 2.45) is 10.4 Å². The Morgan fingerprint density at radius 2 is 1.64 bits per heavy atom. The standard InChI is InChI=1S/C22H26N4O2/c1-13-7-6-8-15(14(13)2)11-17-20(27)26-18(21(28)25-17)12-16-19(22(3,4)5)24-10-9-23-16/h6-9,11-12,24H,10H2,1-5H3,(H,25,28)(H,26,27)/b17-11-,18-12-. The molecule has 3 rings (SSSR count). The van der Waals surface area contributed by atoms with E-state index in [4.69, 9.17) is 0 Å². The fourth-order valence-electron chi connectivity index (χ4n) is 3.12. The Hall–Kier alpha value is -3.15. The van der Waals surface area contributed by atoms with Crippen molar-refractivity contribution in [2.75, 3.05) is 6.54 Å². The summed E-state index contributed by atoms with van der Waals surface area (Å²) in [7, 11) is 0. The van der Waals surface area contributed by atoms with Gasteiger partial charge in [0.1, 0.15) is 10.7 Å². The van der Waals surface area contributed by atoms with E-state index in [-0.39, 0.29) is 27.2 Å². The van der Waals surface area contributed by atoms with Crippen molar-refractivity contribution < 1.29 is 0 Å². The Kier molecular flexibility index (Phi) is 5.23. The predicted molar refractivity (Wildman–Crippen MR) is 114 cm³/mol. The highest BCUT2D eigenvalue weighted by Crippen LogP contribution is 2.27. The summed E-state index contributed by atoms with van der Waals surface area (Å²) in [5, 5.41) is 3.72. The van der Waals surface area contributed by atoms with Crippen LogP contribution in [0.4, 0.5) is 0 Å². The number of hydrogen-bond acceptors (Lipinski definition) is 4. The molecule has 0 amide bonds. The average Bonchev–Trinajstić information content (AvgIpc) is 2.62. The maximum atomic E-state index is 12.6. The van der Waals surface area contributed by atoms with Gasteiger partial charge in [-0.25, -0.2) is 0 Å². The van der Waals surface area contributed by atoms with Gasteiger partial charge in [0.2, 0.25) is 0 Å². The molecule has 0 saturated heterocycles. The molecule has 0 atom stereocenters. The number of aromatic nitrogens is 2. The Balaban J connectivity index is 2.17. The zero-order valence-corrected chi connectivity index (χ0v) is 16.9. The van der Waals surface area contributed by atoms with Crippen LogP contribution in [-0.4, -0.2) is 22.7 Å². The Morgan fingerprint density at radius 1 is 1.00 bits per heavy atom. The van der Waals surface area contributed by atoms with Crippen LogP contribution >= 0.6 is 0 Å². The number of nitrogens with zero attached hydrogens (tertiary/aromatic N) is 1. The summed E-state index contributed by atoms with van der Waals surface area (Å²) in [4.78, 5) is 35.0. The third kappa shape index (κ3) is 4.06. The number of aryl methyl sites for hydroxylation is 1. The SMILES string of the molecule is Cc1cccc(/C=c2\[nH]c(=O)/c(=C/C3=C(C(C)(C)C)NCC=N3)[nH]c2=O)c1C. The van der Waals surface area contributed by atoms with E-state index < -0.39 is 0 Å². The van der Waals surface area contributed by atoms with Crippen LogP contribution in [0.5, 0.6) is 0 Å². The highest BCUT2D eigenvalue weighted by Gasteiger charge is 2.21. The minimum atomic E-state index is -0.363. The summed E-state index contributed by atoms with van der Waals surface area (Å²) >= 11 is 0. The second-order valence-corrected chi connectivity index (χ2v) is 8.02. The second-order valence-electron chi connectivity index (χ2n) is 8.02.